The Morgan fingerprint density at radius 2 is 2.11 bits per heavy atom. The number of benzene rings is 1. The molecule has 0 aliphatic rings. The second-order valence-electron chi connectivity index (χ2n) is 4.46. The first-order valence-electron chi connectivity index (χ1n) is 5.91. The average molecular weight is 247 g/mol. The Morgan fingerprint density at radius 3 is 2.72 bits per heavy atom. The van der Waals surface area contributed by atoms with Gasteiger partial charge >= 0.3 is 5.97 Å². The molecule has 1 aromatic heterocycles. The molecule has 0 fully saturated rings. The van der Waals surface area contributed by atoms with Crippen molar-refractivity contribution in [3.8, 4) is 5.75 Å². The van der Waals surface area contributed by atoms with Crippen molar-refractivity contribution >= 4 is 16.9 Å². The number of hydrogen-bond donors (Lipinski definition) is 2. The van der Waals surface area contributed by atoms with Crippen molar-refractivity contribution in [2.24, 2.45) is 0 Å². The number of aryl methyl sites for hydroxylation is 3. The third kappa shape index (κ3) is 2.06. The summed E-state index contributed by atoms with van der Waals surface area (Å²) in [5, 5.41) is 9.89. The molecule has 1 aromatic carbocycles. The number of hydrogen-bond acceptors (Lipinski definition) is 2. The maximum absolute atomic E-state index is 10.7. The summed E-state index contributed by atoms with van der Waals surface area (Å²) in [5.74, 6) is 0.0111. The third-order valence-electron chi connectivity index (χ3n) is 3.29. The number of aromatic nitrogens is 1. The molecule has 0 aliphatic heterocycles. The number of rotatable bonds is 4. The van der Waals surface area contributed by atoms with Crippen LogP contribution in [0.3, 0.4) is 0 Å². The van der Waals surface area contributed by atoms with Crippen LogP contribution in [0.5, 0.6) is 5.75 Å². The lowest BCUT2D eigenvalue weighted by atomic mass is 10.0. The van der Waals surface area contributed by atoms with Gasteiger partial charge < -0.3 is 14.8 Å². The number of carboxylic acids is 1. The number of fused-ring (bicyclic) bond motifs is 1. The fourth-order valence-electron chi connectivity index (χ4n) is 2.34. The maximum Gasteiger partial charge on any atom is 0.303 e. The van der Waals surface area contributed by atoms with Crippen LogP contribution >= 0.6 is 0 Å². The number of nitrogens with one attached hydrogen (secondary N) is 1. The van der Waals surface area contributed by atoms with E-state index in [1.165, 1.54) is 5.56 Å². The molecule has 0 saturated carbocycles. The summed E-state index contributed by atoms with van der Waals surface area (Å²) in [4.78, 5) is 13.9. The fraction of sp³-hybridized carbons (Fsp3) is 0.357. The minimum Gasteiger partial charge on any atom is -0.495 e. The van der Waals surface area contributed by atoms with E-state index < -0.39 is 5.97 Å². The van der Waals surface area contributed by atoms with E-state index >= 15 is 0 Å². The van der Waals surface area contributed by atoms with Gasteiger partial charge in [0.15, 0.2) is 0 Å². The molecular formula is C14H17NO3. The first-order chi connectivity index (χ1) is 8.54. The number of aromatic amines is 1. The molecule has 4 heteroatoms. The molecule has 0 unspecified atom stereocenters. The van der Waals surface area contributed by atoms with Gasteiger partial charge in [-0.2, -0.15) is 0 Å². The smallest absolute Gasteiger partial charge is 0.303 e. The van der Waals surface area contributed by atoms with E-state index in [0.717, 1.165) is 27.9 Å². The van der Waals surface area contributed by atoms with Gasteiger partial charge in [0.25, 0.3) is 0 Å². The predicted octanol–water partition coefficient (Wildman–Crippen LogP) is 2.81. The number of methoxy groups -OCH3 is 1. The number of carbonyl (C=O) groups is 1. The van der Waals surface area contributed by atoms with Gasteiger partial charge in [-0.05, 0) is 37.5 Å². The molecule has 0 bridgehead atoms. The van der Waals surface area contributed by atoms with E-state index in [1.54, 1.807) is 7.11 Å². The first-order valence-corrected chi connectivity index (χ1v) is 5.91. The average Bonchev–Trinajstić information content (AvgIpc) is 2.66. The fourth-order valence-corrected chi connectivity index (χ4v) is 2.34. The van der Waals surface area contributed by atoms with Gasteiger partial charge in [-0.25, -0.2) is 0 Å². The molecule has 18 heavy (non-hydrogen) atoms. The van der Waals surface area contributed by atoms with Crippen LogP contribution in [0.4, 0.5) is 0 Å². The molecule has 2 N–H and O–H groups in total. The normalized spacial score (nSPS) is 10.8. The van der Waals surface area contributed by atoms with Crippen molar-refractivity contribution in [1.82, 2.24) is 4.98 Å². The molecule has 0 atom stereocenters. The number of aliphatic carboxylic acids is 1. The van der Waals surface area contributed by atoms with E-state index in [0.29, 0.717) is 6.42 Å². The highest BCUT2D eigenvalue weighted by atomic mass is 16.5. The number of H-pyrrole nitrogens is 1. The van der Waals surface area contributed by atoms with Gasteiger partial charge in [0.05, 0.1) is 19.0 Å². The van der Waals surface area contributed by atoms with Gasteiger partial charge in [-0.15, -0.1) is 0 Å². The summed E-state index contributed by atoms with van der Waals surface area (Å²) >= 11 is 0. The molecule has 2 aromatic rings. The second-order valence-corrected chi connectivity index (χ2v) is 4.46. The summed E-state index contributed by atoms with van der Waals surface area (Å²) in [6, 6.07) is 3.94. The lowest BCUT2D eigenvalue weighted by Gasteiger charge is -2.03. The van der Waals surface area contributed by atoms with Gasteiger partial charge in [-0.3, -0.25) is 4.79 Å². The summed E-state index contributed by atoms with van der Waals surface area (Å²) < 4.78 is 5.33. The zero-order chi connectivity index (χ0) is 13.3. The Morgan fingerprint density at radius 1 is 1.39 bits per heavy atom. The molecule has 0 saturated heterocycles. The maximum atomic E-state index is 10.7. The third-order valence-corrected chi connectivity index (χ3v) is 3.29. The van der Waals surface area contributed by atoms with Crippen molar-refractivity contribution in [2.75, 3.05) is 7.11 Å². The largest absolute Gasteiger partial charge is 0.495 e. The van der Waals surface area contributed by atoms with Crippen molar-refractivity contribution in [3.05, 3.63) is 29.0 Å². The lowest BCUT2D eigenvalue weighted by Crippen LogP contribution is -1.98. The quantitative estimate of drug-likeness (QED) is 0.873. The molecule has 0 amide bonds. The van der Waals surface area contributed by atoms with Crippen LogP contribution in [0, 0.1) is 13.8 Å². The Hall–Kier alpha value is -1.97. The Labute approximate surface area is 106 Å². The zero-order valence-electron chi connectivity index (χ0n) is 10.8. The molecule has 1 heterocycles. The molecule has 96 valence electrons. The summed E-state index contributed by atoms with van der Waals surface area (Å²) in [7, 11) is 1.64. The Balaban J connectivity index is 2.54. The van der Waals surface area contributed by atoms with Crippen molar-refractivity contribution < 1.29 is 14.6 Å². The van der Waals surface area contributed by atoms with Crippen LogP contribution in [0.2, 0.25) is 0 Å². The van der Waals surface area contributed by atoms with E-state index in [-0.39, 0.29) is 6.42 Å². The Kier molecular flexibility index (Phi) is 3.28. The van der Waals surface area contributed by atoms with Gasteiger partial charge in [-0.1, -0.05) is 6.07 Å². The van der Waals surface area contributed by atoms with Crippen molar-refractivity contribution in [2.45, 2.75) is 26.7 Å². The summed E-state index contributed by atoms with van der Waals surface area (Å²) in [5.41, 5.74) is 4.21. The number of carboxylic acid groups (broad SMARTS) is 1. The van der Waals surface area contributed by atoms with Gasteiger partial charge in [0.2, 0.25) is 0 Å². The van der Waals surface area contributed by atoms with Crippen LogP contribution < -0.4 is 4.74 Å². The van der Waals surface area contributed by atoms with Crippen LogP contribution in [-0.4, -0.2) is 23.2 Å². The van der Waals surface area contributed by atoms with E-state index in [1.807, 2.05) is 26.0 Å². The number of ether oxygens (including phenoxy) is 1. The zero-order valence-corrected chi connectivity index (χ0v) is 10.8. The minimum atomic E-state index is -0.781. The standard InChI is InChI=1S/C14H17NO3/c1-8-4-6-11(18-3)14-13(8)9(2)10(15-14)5-7-12(16)17/h4,6,15H,5,7H2,1-3H3,(H,16,17). The van der Waals surface area contributed by atoms with E-state index in [9.17, 15) is 4.79 Å². The second kappa shape index (κ2) is 4.72. The van der Waals surface area contributed by atoms with Crippen LogP contribution in [-0.2, 0) is 11.2 Å². The van der Waals surface area contributed by atoms with Crippen LogP contribution in [0.25, 0.3) is 10.9 Å². The lowest BCUT2D eigenvalue weighted by molar-refractivity contribution is -0.136. The highest BCUT2D eigenvalue weighted by molar-refractivity contribution is 5.92. The van der Waals surface area contributed by atoms with Crippen molar-refractivity contribution in [3.63, 3.8) is 0 Å². The van der Waals surface area contributed by atoms with Gasteiger partial charge in [0, 0.05) is 11.1 Å². The molecule has 0 radical (unpaired) electrons. The minimum absolute atomic E-state index is 0.134. The van der Waals surface area contributed by atoms with Crippen LogP contribution in [0.15, 0.2) is 12.1 Å². The highest BCUT2D eigenvalue weighted by Crippen LogP contribution is 2.32. The molecule has 0 aliphatic carbocycles. The van der Waals surface area contributed by atoms with E-state index in [4.69, 9.17) is 9.84 Å². The summed E-state index contributed by atoms with van der Waals surface area (Å²) in [6.07, 6.45) is 0.646. The molecular weight excluding hydrogens is 230 g/mol. The van der Waals surface area contributed by atoms with Crippen molar-refractivity contribution in [1.29, 1.82) is 0 Å². The van der Waals surface area contributed by atoms with E-state index in [2.05, 4.69) is 4.98 Å². The highest BCUT2D eigenvalue weighted by Gasteiger charge is 2.14. The SMILES string of the molecule is COc1ccc(C)c2c(C)c(CCC(=O)O)[nH]c12. The molecule has 4 nitrogen and oxygen atoms in total. The summed E-state index contributed by atoms with van der Waals surface area (Å²) in [6.45, 7) is 4.06. The van der Waals surface area contributed by atoms with Crippen LogP contribution in [0.1, 0.15) is 23.2 Å². The predicted molar refractivity (Wildman–Crippen MR) is 70.3 cm³/mol. The molecule has 0 spiro atoms. The molecule has 2 rings (SSSR count). The van der Waals surface area contributed by atoms with Gasteiger partial charge in [0.1, 0.15) is 5.75 Å². The first kappa shape index (κ1) is 12.5. The topological polar surface area (TPSA) is 62.3 Å². The Bertz CT molecular complexity index is 599. The monoisotopic (exact) mass is 247 g/mol.